The van der Waals surface area contributed by atoms with Gasteiger partial charge in [-0.1, -0.05) is 55.3 Å². The zero-order valence-electron chi connectivity index (χ0n) is 22.2. The van der Waals surface area contributed by atoms with Crippen LogP contribution in [-0.4, -0.2) is 49.2 Å². The van der Waals surface area contributed by atoms with Gasteiger partial charge in [0, 0.05) is 30.2 Å². The SMILES string of the molecule is CCCCNC(=O)[C@H](C)N(Cc1ccc(Cl)cc1)C(=O)CN(c1ccc([N+](=O)[O-])cc1)S(=O)(=O)c1ccccc1. The highest BCUT2D eigenvalue weighted by atomic mass is 35.5. The van der Waals surface area contributed by atoms with Crippen molar-refractivity contribution in [1.82, 2.24) is 10.2 Å². The molecule has 1 N–H and O–H groups in total. The van der Waals surface area contributed by atoms with Gasteiger partial charge < -0.3 is 10.2 Å². The van der Waals surface area contributed by atoms with Crippen LogP contribution in [-0.2, 0) is 26.2 Å². The van der Waals surface area contributed by atoms with Gasteiger partial charge in [-0.25, -0.2) is 8.42 Å². The van der Waals surface area contributed by atoms with Gasteiger partial charge in [-0.15, -0.1) is 0 Å². The predicted molar refractivity (Wildman–Crippen MR) is 153 cm³/mol. The van der Waals surface area contributed by atoms with E-state index in [1.807, 2.05) is 6.92 Å². The molecule has 0 aliphatic heterocycles. The molecule has 0 spiro atoms. The molecule has 0 heterocycles. The van der Waals surface area contributed by atoms with Crippen LogP contribution in [0.15, 0.2) is 83.8 Å². The second kappa shape index (κ2) is 13.9. The number of nitro benzene ring substituents is 1. The number of amides is 2. The summed E-state index contributed by atoms with van der Waals surface area (Å²) in [5.41, 5.74) is 0.530. The van der Waals surface area contributed by atoms with Crippen molar-refractivity contribution in [3.8, 4) is 0 Å². The maximum Gasteiger partial charge on any atom is 0.269 e. The molecule has 3 aromatic carbocycles. The van der Waals surface area contributed by atoms with Gasteiger partial charge in [-0.05, 0) is 55.3 Å². The van der Waals surface area contributed by atoms with Gasteiger partial charge in [-0.2, -0.15) is 0 Å². The van der Waals surface area contributed by atoms with Gasteiger partial charge in [0.1, 0.15) is 12.6 Å². The van der Waals surface area contributed by atoms with E-state index in [4.69, 9.17) is 11.6 Å². The average Bonchev–Trinajstić information content (AvgIpc) is 2.95. The predicted octanol–water partition coefficient (Wildman–Crippen LogP) is 4.78. The van der Waals surface area contributed by atoms with Crippen LogP contribution in [0.2, 0.25) is 5.02 Å². The lowest BCUT2D eigenvalue weighted by Gasteiger charge is -2.32. The Morgan fingerprint density at radius 3 is 2.20 bits per heavy atom. The highest BCUT2D eigenvalue weighted by Gasteiger charge is 2.32. The monoisotopic (exact) mass is 586 g/mol. The summed E-state index contributed by atoms with van der Waals surface area (Å²) in [6.45, 7) is 3.40. The fraction of sp³-hybridized carbons (Fsp3) is 0.286. The molecular formula is C28H31ClN4O6S. The number of hydrogen-bond acceptors (Lipinski definition) is 6. The standard InChI is InChI=1S/C28H31ClN4O6S/c1-3-4-18-30-28(35)21(2)31(19-22-10-12-23(29)13-11-22)27(34)20-32(24-14-16-25(17-15-24)33(36)37)40(38,39)26-8-6-5-7-9-26/h5-17,21H,3-4,18-20H2,1-2H3,(H,30,35)/t21-/m0/s1. The Hall–Kier alpha value is -3.96. The minimum atomic E-state index is -4.26. The number of rotatable bonds is 13. The summed E-state index contributed by atoms with van der Waals surface area (Å²) in [6, 6.07) is 18.3. The van der Waals surface area contributed by atoms with Crippen molar-refractivity contribution in [2.45, 2.75) is 44.2 Å². The van der Waals surface area contributed by atoms with Crippen LogP contribution < -0.4 is 9.62 Å². The van der Waals surface area contributed by atoms with Gasteiger partial charge >= 0.3 is 0 Å². The third-order valence-electron chi connectivity index (χ3n) is 6.22. The Bertz CT molecular complexity index is 1420. The van der Waals surface area contributed by atoms with E-state index in [0.717, 1.165) is 17.1 Å². The largest absolute Gasteiger partial charge is 0.354 e. The molecule has 0 aromatic heterocycles. The van der Waals surface area contributed by atoms with Crippen LogP contribution in [0.1, 0.15) is 32.3 Å². The van der Waals surface area contributed by atoms with Crippen LogP contribution in [0, 0.1) is 10.1 Å². The zero-order valence-corrected chi connectivity index (χ0v) is 23.8. The molecule has 3 aromatic rings. The van der Waals surface area contributed by atoms with Crippen molar-refractivity contribution in [2.75, 3.05) is 17.4 Å². The molecule has 0 radical (unpaired) electrons. The van der Waals surface area contributed by atoms with E-state index >= 15 is 0 Å². The average molecular weight is 587 g/mol. The molecule has 40 heavy (non-hydrogen) atoms. The zero-order chi connectivity index (χ0) is 29.3. The Balaban J connectivity index is 2.00. The number of nitrogens with one attached hydrogen (secondary N) is 1. The maximum absolute atomic E-state index is 13.8. The Morgan fingerprint density at radius 2 is 1.62 bits per heavy atom. The number of nitro groups is 1. The lowest BCUT2D eigenvalue weighted by Crippen LogP contribution is -2.51. The minimum absolute atomic E-state index is 0.0256. The first-order valence-electron chi connectivity index (χ1n) is 12.7. The van der Waals surface area contributed by atoms with E-state index < -0.39 is 33.4 Å². The van der Waals surface area contributed by atoms with E-state index in [1.54, 1.807) is 49.4 Å². The van der Waals surface area contributed by atoms with Crippen molar-refractivity contribution >= 4 is 44.8 Å². The molecule has 12 heteroatoms. The number of carbonyl (C=O) groups is 2. The second-order valence-corrected chi connectivity index (χ2v) is 11.4. The normalized spacial score (nSPS) is 11.9. The molecule has 1 atom stereocenters. The number of non-ortho nitro benzene ring substituents is 1. The minimum Gasteiger partial charge on any atom is -0.354 e. The van der Waals surface area contributed by atoms with E-state index in [1.165, 1.54) is 41.3 Å². The van der Waals surface area contributed by atoms with Gasteiger partial charge in [0.15, 0.2) is 0 Å². The number of unbranched alkanes of at least 4 members (excludes halogenated alkanes) is 1. The van der Waals surface area contributed by atoms with E-state index in [2.05, 4.69) is 5.32 Å². The van der Waals surface area contributed by atoms with E-state index in [0.29, 0.717) is 17.1 Å². The molecule has 0 saturated heterocycles. The number of carbonyl (C=O) groups excluding carboxylic acids is 2. The summed E-state index contributed by atoms with van der Waals surface area (Å²) in [6.07, 6.45) is 1.65. The summed E-state index contributed by atoms with van der Waals surface area (Å²) < 4.78 is 28.3. The first-order chi connectivity index (χ1) is 19.0. The molecule has 0 fully saturated rings. The van der Waals surface area contributed by atoms with Crippen LogP contribution in [0.4, 0.5) is 11.4 Å². The lowest BCUT2D eigenvalue weighted by molar-refractivity contribution is -0.384. The maximum atomic E-state index is 13.8. The first kappa shape index (κ1) is 30.6. The number of sulfonamides is 1. The molecule has 0 aliphatic carbocycles. The number of anilines is 1. The summed E-state index contributed by atoms with van der Waals surface area (Å²) in [5.74, 6) is -1.01. The summed E-state index contributed by atoms with van der Waals surface area (Å²) in [5, 5.41) is 14.5. The smallest absolute Gasteiger partial charge is 0.269 e. The van der Waals surface area contributed by atoms with Gasteiger partial charge in [0.05, 0.1) is 15.5 Å². The second-order valence-electron chi connectivity index (χ2n) is 9.07. The topological polar surface area (TPSA) is 130 Å². The van der Waals surface area contributed by atoms with Gasteiger partial charge in [0.25, 0.3) is 15.7 Å². The highest BCUT2D eigenvalue weighted by molar-refractivity contribution is 7.92. The van der Waals surface area contributed by atoms with E-state index in [9.17, 15) is 28.1 Å². The van der Waals surface area contributed by atoms with Crippen LogP contribution in [0.25, 0.3) is 0 Å². The van der Waals surface area contributed by atoms with Crippen molar-refractivity contribution in [3.05, 3.63) is 99.6 Å². The first-order valence-corrected chi connectivity index (χ1v) is 14.5. The van der Waals surface area contributed by atoms with Crippen molar-refractivity contribution in [1.29, 1.82) is 0 Å². The van der Waals surface area contributed by atoms with Crippen LogP contribution in [0.5, 0.6) is 0 Å². The Kier molecular flexibility index (Phi) is 10.6. The van der Waals surface area contributed by atoms with Gasteiger partial charge in [0.2, 0.25) is 11.8 Å². The molecule has 3 rings (SSSR count). The van der Waals surface area contributed by atoms with Crippen LogP contribution in [0.3, 0.4) is 0 Å². The fourth-order valence-corrected chi connectivity index (χ4v) is 5.46. The highest BCUT2D eigenvalue weighted by Crippen LogP contribution is 2.26. The Labute approximate surface area is 238 Å². The Morgan fingerprint density at radius 1 is 1.00 bits per heavy atom. The summed E-state index contributed by atoms with van der Waals surface area (Å²) >= 11 is 6.01. The molecular weight excluding hydrogens is 556 g/mol. The summed E-state index contributed by atoms with van der Waals surface area (Å²) in [4.78, 5) is 38.6. The molecule has 0 aliphatic rings. The van der Waals surface area contributed by atoms with Crippen molar-refractivity contribution in [2.24, 2.45) is 0 Å². The third-order valence-corrected chi connectivity index (χ3v) is 8.26. The van der Waals surface area contributed by atoms with Crippen molar-refractivity contribution in [3.63, 3.8) is 0 Å². The number of nitrogens with zero attached hydrogens (tertiary/aromatic N) is 3. The summed E-state index contributed by atoms with van der Waals surface area (Å²) in [7, 11) is -4.26. The molecule has 212 valence electrons. The number of benzene rings is 3. The molecule has 0 unspecified atom stereocenters. The van der Waals surface area contributed by atoms with Crippen LogP contribution >= 0.6 is 11.6 Å². The quantitative estimate of drug-likeness (QED) is 0.174. The third kappa shape index (κ3) is 7.80. The molecule has 10 nitrogen and oxygen atoms in total. The fourth-order valence-electron chi connectivity index (χ4n) is 3.89. The molecule has 0 bridgehead atoms. The van der Waals surface area contributed by atoms with E-state index in [-0.39, 0.29) is 28.7 Å². The van der Waals surface area contributed by atoms with Gasteiger partial charge in [-0.3, -0.25) is 24.0 Å². The lowest BCUT2D eigenvalue weighted by atomic mass is 10.1. The molecule has 0 saturated carbocycles. The number of halogens is 1. The van der Waals surface area contributed by atoms with Crippen molar-refractivity contribution < 1.29 is 22.9 Å². The molecule has 2 amide bonds. The number of hydrogen-bond donors (Lipinski definition) is 1.